The predicted octanol–water partition coefficient (Wildman–Crippen LogP) is 2.05. The lowest BCUT2D eigenvalue weighted by Crippen LogP contribution is -1.98. The highest BCUT2D eigenvalue weighted by molar-refractivity contribution is 5.95. The maximum Gasteiger partial charge on any atom is 0.309 e. The van der Waals surface area contributed by atoms with Gasteiger partial charge in [-0.1, -0.05) is 24.3 Å². The number of hydrogen-bond acceptors (Lipinski definition) is 4. The van der Waals surface area contributed by atoms with E-state index in [9.17, 15) is 9.59 Å². The molecule has 0 unspecified atom stereocenters. The molecule has 1 aromatic rings. The summed E-state index contributed by atoms with van der Waals surface area (Å²) in [6.07, 6.45) is 3.60. The van der Waals surface area contributed by atoms with Gasteiger partial charge in [-0.25, -0.2) is 0 Å². The first-order valence-corrected chi connectivity index (χ1v) is 5.18. The molecule has 0 radical (unpaired) electrons. The van der Waals surface area contributed by atoms with E-state index in [0.717, 1.165) is 5.56 Å². The Bertz CT molecular complexity index is 464. The summed E-state index contributed by atoms with van der Waals surface area (Å²) in [6, 6.07) is 5.08. The SMILES string of the molecule is COC(=O)CC=Cc1ccc(C(C)=O)cc1N. The van der Waals surface area contributed by atoms with Crippen LogP contribution in [0.25, 0.3) is 6.08 Å². The number of esters is 1. The van der Waals surface area contributed by atoms with Crippen LogP contribution < -0.4 is 5.73 Å². The van der Waals surface area contributed by atoms with Crippen molar-refractivity contribution in [2.24, 2.45) is 0 Å². The number of carbonyl (C=O) groups excluding carboxylic acids is 2. The van der Waals surface area contributed by atoms with Gasteiger partial charge in [0.2, 0.25) is 0 Å². The fraction of sp³-hybridized carbons (Fsp3) is 0.231. The van der Waals surface area contributed by atoms with Crippen LogP contribution >= 0.6 is 0 Å². The van der Waals surface area contributed by atoms with Gasteiger partial charge in [-0.15, -0.1) is 0 Å². The molecular formula is C13H15NO3. The number of methoxy groups -OCH3 is 1. The molecule has 0 aliphatic carbocycles. The van der Waals surface area contributed by atoms with Crippen molar-refractivity contribution in [3.8, 4) is 0 Å². The summed E-state index contributed by atoms with van der Waals surface area (Å²) < 4.78 is 4.50. The second-order valence-corrected chi connectivity index (χ2v) is 3.58. The Morgan fingerprint density at radius 1 is 1.41 bits per heavy atom. The van der Waals surface area contributed by atoms with Gasteiger partial charge in [0.15, 0.2) is 5.78 Å². The highest BCUT2D eigenvalue weighted by Gasteiger charge is 2.02. The number of anilines is 1. The number of hydrogen-bond donors (Lipinski definition) is 1. The zero-order valence-electron chi connectivity index (χ0n) is 9.90. The van der Waals surface area contributed by atoms with Gasteiger partial charge in [-0.05, 0) is 18.6 Å². The fourth-order valence-corrected chi connectivity index (χ4v) is 1.31. The maximum atomic E-state index is 11.1. The molecule has 4 heteroatoms. The first-order valence-electron chi connectivity index (χ1n) is 5.18. The molecular weight excluding hydrogens is 218 g/mol. The molecule has 1 aromatic carbocycles. The van der Waals surface area contributed by atoms with E-state index >= 15 is 0 Å². The van der Waals surface area contributed by atoms with Crippen LogP contribution in [0.4, 0.5) is 5.69 Å². The zero-order chi connectivity index (χ0) is 12.8. The lowest BCUT2D eigenvalue weighted by molar-refractivity contribution is -0.139. The molecule has 2 N–H and O–H groups in total. The van der Waals surface area contributed by atoms with Crippen molar-refractivity contribution in [3.63, 3.8) is 0 Å². The minimum Gasteiger partial charge on any atom is -0.469 e. The Hall–Kier alpha value is -2.10. The number of Topliss-reactive ketones (excluding diaryl/α,β-unsaturated/α-hetero) is 1. The average molecular weight is 233 g/mol. The monoisotopic (exact) mass is 233 g/mol. The highest BCUT2D eigenvalue weighted by atomic mass is 16.5. The topological polar surface area (TPSA) is 69.4 Å². The lowest BCUT2D eigenvalue weighted by atomic mass is 10.1. The maximum absolute atomic E-state index is 11.1. The molecule has 1 rings (SSSR count). The largest absolute Gasteiger partial charge is 0.469 e. The third kappa shape index (κ3) is 3.75. The van der Waals surface area contributed by atoms with E-state index in [-0.39, 0.29) is 18.2 Å². The number of ketones is 1. The second kappa shape index (κ2) is 5.84. The molecule has 0 atom stereocenters. The highest BCUT2D eigenvalue weighted by Crippen LogP contribution is 2.16. The fourth-order valence-electron chi connectivity index (χ4n) is 1.31. The van der Waals surface area contributed by atoms with Gasteiger partial charge in [-0.3, -0.25) is 9.59 Å². The summed E-state index contributed by atoms with van der Waals surface area (Å²) >= 11 is 0. The number of nitrogen functional groups attached to an aromatic ring is 1. The summed E-state index contributed by atoms with van der Waals surface area (Å²) in [5.41, 5.74) is 7.65. The van der Waals surface area contributed by atoms with Crippen molar-refractivity contribution in [2.75, 3.05) is 12.8 Å². The van der Waals surface area contributed by atoms with Crippen molar-refractivity contribution in [1.82, 2.24) is 0 Å². The molecule has 0 amide bonds. The molecule has 0 heterocycles. The number of carbonyl (C=O) groups is 2. The molecule has 90 valence electrons. The molecule has 17 heavy (non-hydrogen) atoms. The van der Waals surface area contributed by atoms with Gasteiger partial charge in [0.25, 0.3) is 0 Å². The Kier molecular flexibility index (Phi) is 4.46. The normalized spacial score (nSPS) is 10.5. The number of ether oxygens (including phenoxy) is 1. The van der Waals surface area contributed by atoms with Crippen LogP contribution in [0.5, 0.6) is 0 Å². The van der Waals surface area contributed by atoms with Gasteiger partial charge >= 0.3 is 5.97 Å². The predicted molar refractivity (Wildman–Crippen MR) is 66.5 cm³/mol. The van der Waals surface area contributed by atoms with Crippen molar-refractivity contribution in [3.05, 3.63) is 35.4 Å². The van der Waals surface area contributed by atoms with Crippen molar-refractivity contribution in [2.45, 2.75) is 13.3 Å². The summed E-state index contributed by atoms with van der Waals surface area (Å²) in [6.45, 7) is 1.49. The zero-order valence-corrected chi connectivity index (χ0v) is 9.90. The quantitative estimate of drug-likeness (QED) is 0.491. The number of nitrogens with two attached hydrogens (primary N) is 1. The van der Waals surface area contributed by atoms with E-state index in [0.29, 0.717) is 11.3 Å². The van der Waals surface area contributed by atoms with Crippen molar-refractivity contribution < 1.29 is 14.3 Å². The first kappa shape index (κ1) is 13.0. The minimum absolute atomic E-state index is 0.0261. The second-order valence-electron chi connectivity index (χ2n) is 3.58. The molecule has 0 saturated carbocycles. The molecule has 0 saturated heterocycles. The standard InChI is InChI=1S/C13H15NO3/c1-9(15)11-7-6-10(12(14)8-11)4-3-5-13(16)17-2/h3-4,6-8H,5,14H2,1-2H3. The lowest BCUT2D eigenvalue weighted by Gasteiger charge is -2.02. The van der Waals surface area contributed by atoms with Crippen LogP contribution in [0.3, 0.4) is 0 Å². The van der Waals surface area contributed by atoms with E-state index in [4.69, 9.17) is 5.73 Å². The van der Waals surface area contributed by atoms with Crippen molar-refractivity contribution in [1.29, 1.82) is 0 Å². The van der Waals surface area contributed by atoms with E-state index in [1.54, 1.807) is 30.4 Å². The molecule has 0 aliphatic rings. The van der Waals surface area contributed by atoms with E-state index in [2.05, 4.69) is 4.74 Å². The van der Waals surface area contributed by atoms with Crippen LogP contribution in [0, 0.1) is 0 Å². The van der Waals surface area contributed by atoms with Crippen LogP contribution in [-0.4, -0.2) is 18.9 Å². The number of rotatable bonds is 4. The van der Waals surface area contributed by atoms with Gasteiger partial charge in [0.1, 0.15) is 0 Å². The Morgan fingerprint density at radius 2 is 2.12 bits per heavy atom. The molecule has 0 spiro atoms. The van der Waals surface area contributed by atoms with Crippen LogP contribution in [-0.2, 0) is 9.53 Å². The molecule has 4 nitrogen and oxygen atoms in total. The van der Waals surface area contributed by atoms with Crippen LogP contribution in [0.1, 0.15) is 29.3 Å². The first-order chi connectivity index (χ1) is 8.04. The van der Waals surface area contributed by atoms with Crippen LogP contribution in [0.2, 0.25) is 0 Å². The number of benzene rings is 1. The molecule has 0 bridgehead atoms. The third-order valence-corrected chi connectivity index (χ3v) is 2.30. The minimum atomic E-state index is -0.305. The summed E-state index contributed by atoms with van der Waals surface area (Å²) in [5, 5.41) is 0. The molecule has 0 aromatic heterocycles. The van der Waals surface area contributed by atoms with Gasteiger partial charge < -0.3 is 10.5 Å². The van der Waals surface area contributed by atoms with Gasteiger partial charge in [0, 0.05) is 11.3 Å². The van der Waals surface area contributed by atoms with E-state index < -0.39 is 0 Å². The third-order valence-electron chi connectivity index (χ3n) is 2.30. The van der Waals surface area contributed by atoms with E-state index in [1.807, 2.05) is 0 Å². The Morgan fingerprint density at radius 3 is 2.65 bits per heavy atom. The summed E-state index contributed by atoms with van der Waals surface area (Å²) in [7, 11) is 1.34. The summed E-state index contributed by atoms with van der Waals surface area (Å²) in [5.74, 6) is -0.332. The smallest absolute Gasteiger partial charge is 0.309 e. The van der Waals surface area contributed by atoms with Crippen molar-refractivity contribution >= 4 is 23.5 Å². The summed E-state index contributed by atoms with van der Waals surface area (Å²) in [4.78, 5) is 22.0. The van der Waals surface area contributed by atoms with Gasteiger partial charge in [0.05, 0.1) is 13.5 Å². The Balaban J connectivity index is 2.79. The average Bonchev–Trinajstić information content (AvgIpc) is 2.30. The van der Waals surface area contributed by atoms with Gasteiger partial charge in [-0.2, -0.15) is 0 Å². The van der Waals surface area contributed by atoms with Crippen LogP contribution in [0.15, 0.2) is 24.3 Å². The molecule has 0 fully saturated rings. The Labute approximate surface area is 100 Å². The van der Waals surface area contributed by atoms with E-state index in [1.165, 1.54) is 14.0 Å². The molecule has 0 aliphatic heterocycles.